The summed E-state index contributed by atoms with van der Waals surface area (Å²) in [6.45, 7) is 3.98. The van der Waals surface area contributed by atoms with Crippen molar-refractivity contribution in [1.82, 2.24) is 9.78 Å². The zero-order chi connectivity index (χ0) is 13.1. The Morgan fingerprint density at radius 2 is 2.00 bits per heavy atom. The number of nitrogens with one attached hydrogen (secondary N) is 1. The first-order chi connectivity index (χ1) is 8.61. The van der Waals surface area contributed by atoms with Gasteiger partial charge in [0, 0.05) is 18.4 Å². The summed E-state index contributed by atoms with van der Waals surface area (Å²) in [5.41, 5.74) is 3.53. The van der Waals surface area contributed by atoms with E-state index in [4.69, 9.17) is 0 Å². The van der Waals surface area contributed by atoms with E-state index in [1.165, 1.54) is 5.56 Å². The van der Waals surface area contributed by atoms with Crippen LogP contribution in [0.1, 0.15) is 28.5 Å². The third kappa shape index (κ3) is 2.42. The number of aromatic nitrogens is 2. The number of benzene rings is 1. The fourth-order valence-corrected chi connectivity index (χ4v) is 1.74. The van der Waals surface area contributed by atoms with E-state index in [1.54, 1.807) is 10.9 Å². The number of nitrogens with zero attached hydrogens (tertiary/aromatic N) is 2. The molecule has 0 bridgehead atoms. The van der Waals surface area contributed by atoms with Crippen LogP contribution in [0, 0.1) is 6.92 Å². The topological polar surface area (TPSA) is 46.9 Å². The Labute approximate surface area is 107 Å². The predicted molar refractivity (Wildman–Crippen MR) is 71.7 cm³/mol. The van der Waals surface area contributed by atoms with Gasteiger partial charge < -0.3 is 5.32 Å². The van der Waals surface area contributed by atoms with Crippen LogP contribution in [0.2, 0.25) is 0 Å². The molecule has 0 saturated carbocycles. The van der Waals surface area contributed by atoms with E-state index in [9.17, 15) is 4.79 Å². The van der Waals surface area contributed by atoms with Crippen LogP contribution in [-0.4, -0.2) is 15.7 Å². The lowest BCUT2D eigenvalue weighted by Gasteiger charge is -2.05. The molecule has 0 aliphatic heterocycles. The van der Waals surface area contributed by atoms with Gasteiger partial charge in [-0.05, 0) is 31.0 Å². The summed E-state index contributed by atoms with van der Waals surface area (Å²) < 4.78 is 1.69. The molecule has 0 saturated heterocycles. The highest BCUT2D eigenvalue weighted by atomic mass is 16.1. The molecule has 1 heterocycles. The minimum Gasteiger partial charge on any atom is -0.322 e. The van der Waals surface area contributed by atoms with E-state index in [1.807, 2.05) is 38.2 Å². The van der Waals surface area contributed by atoms with Crippen molar-refractivity contribution in [3.8, 4) is 0 Å². The van der Waals surface area contributed by atoms with E-state index in [-0.39, 0.29) is 5.91 Å². The molecule has 1 aromatic heterocycles. The Hall–Kier alpha value is -2.10. The highest BCUT2D eigenvalue weighted by molar-refractivity contribution is 6.04. The predicted octanol–water partition coefficient (Wildman–Crippen LogP) is 2.54. The van der Waals surface area contributed by atoms with Gasteiger partial charge in [-0.25, -0.2) is 0 Å². The molecule has 0 unspecified atom stereocenters. The van der Waals surface area contributed by atoms with E-state index in [0.29, 0.717) is 5.56 Å². The number of rotatable bonds is 3. The second-order valence-electron chi connectivity index (χ2n) is 4.27. The van der Waals surface area contributed by atoms with Gasteiger partial charge in [-0.3, -0.25) is 9.48 Å². The number of amides is 1. The second-order valence-corrected chi connectivity index (χ2v) is 4.27. The first kappa shape index (κ1) is 12.4. The van der Waals surface area contributed by atoms with Crippen LogP contribution in [0.3, 0.4) is 0 Å². The third-order valence-electron chi connectivity index (χ3n) is 3.10. The monoisotopic (exact) mass is 243 g/mol. The molecule has 0 atom stereocenters. The maximum absolute atomic E-state index is 12.0. The highest BCUT2D eigenvalue weighted by Gasteiger charge is 2.12. The molecule has 0 aliphatic rings. The van der Waals surface area contributed by atoms with Gasteiger partial charge in [0.25, 0.3) is 5.91 Å². The Morgan fingerprint density at radius 1 is 1.33 bits per heavy atom. The molecule has 0 spiro atoms. The molecular formula is C14H17N3O. The molecular weight excluding hydrogens is 226 g/mol. The molecule has 4 heteroatoms. The lowest BCUT2D eigenvalue weighted by atomic mass is 10.1. The Balaban J connectivity index is 2.13. The van der Waals surface area contributed by atoms with Gasteiger partial charge in [-0.15, -0.1) is 0 Å². The van der Waals surface area contributed by atoms with Gasteiger partial charge >= 0.3 is 0 Å². The molecule has 2 aromatic rings. The first-order valence-corrected chi connectivity index (χ1v) is 6.00. The second kappa shape index (κ2) is 5.04. The van der Waals surface area contributed by atoms with Crippen LogP contribution >= 0.6 is 0 Å². The largest absolute Gasteiger partial charge is 0.322 e. The van der Waals surface area contributed by atoms with Crippen molar-refractivity contribution in [2.75, 3.05) is 5.32 Å². The van der Waals surface area contributed by atoms with Gasteiger partial charge in [0.2, 0.25) is 0 Å². The number of carbonyl (C=O) groups is 1. The van der Waals surface area contributed by atoms with Gasteiger partial charge in [-0.1, -0.05) is 19.1 Å². The number of hydrogen-bond donors (Lipinski definition) is 1. The summed E-state index contributed by atoms with van der Waals surface area (Å²) in [4.78, 5) is 12.0. The van der Waals surface area contributed by atoms with Crippen molar-refractivity contribution in [3.63, 3.8) is 0 Å². The Bertz CT molecular complexity index is 555. The molecule has 0 fully saturated rings. The van der Waals surface area contributed by atoms with Crippen molar-refractivity contribution in [2.45, 2.75) is 20.3 Å². The lowest BCUT2D eigenvalue weighted by molar-refractivity contribution is 0.102. The van der Waals surface area contributed by atoms with Crippen LogP contribution < -0.4 is 5.32 Å². The van der Waals surface area contributed by atoms with Crippen LogP contribution in [0.4, 0.5) is 5.69 Å². The lowest BCUT2D eigenvalue weighted by Crippen LogP contribution is -2.12. The fraction of sp³-hybridized carbons (Fsp3) is 0.286. The quantitative estimate of drug-likeness (QED) is 0.900. The average molecular weight is 243 g/mol. The zero-order valence-electron chi connectivity index (χ0n) is 10.9. The summed E-state index contributed by atoms with van der Waals surface area (Å²) in [7, 11) is 1.82. The van der Waals surface area contributed by atoms with Gasteiger partial charge in [-0.2, -0.15) is 5.10 Å². The Kier molecular flexibility index (Phi) is 3.46. The van der Waals surface area contributed by atoms with Gasteiger partial charge in [0.05, 0.1) is 11.8 Å². The SMILES string of the molecule is CCc1ccc(NC(=O)c2cnn(C)c2C)cc1. The number of carbonyl (C=O) groups excluding carboxylic acids is 1. The van der Waals surface area contributed by atoms with E-state index in [0.717, 1.165) is 17.8 Å². The van der Waals surface area contributed by atoms with Crippen molar-refractivity contribution < 1.29 is 4.79 Å². The molecule has 1 N–H and O–H groups in total. The summed E-state index contributed by atoms with van der Waals surface area (Å²) >= 11 is 0. The van der Waals surface area contributed by atoms with Crippen LogP contribution in [0.5, 0.6) is 0 Å². The van der Waals surface area contributed by atoms with Crippen molar-refractivity contribution >= 4 is 11.6 Å². The van der Waals surface area contributed by atoms with E-state index < -0.39 is 0 Å². The van der Waals surface area contributed by atoms with Gasteiger partial charge in [0.1, 0.15) is 0 Å². The Morgan fingerprint density at radius 3 is 2.50 bits per heavy atom. The normalized spacial score (nSPS) is 10.4. The molecule has 1 aromatic carbocycles. The molecule has 0 radical (unpaired) electrons. The molecule has 18 heavy (non-hydrogen) atoms. The smallest absolute Gasteiger partial charge is 0.259 e. The molecule has 94 valence electrons. The maximum Gasteiger partial charge on any atom is 0.259 e. The van der Waals surface area contributed by atoms with Crippen LogP contribution in [-0.2, 0) is 13.5 Å². The number of anilines is 1. The van der Waals surface area contributed by atoms with Gasteiger partial charge in [0.15, 0.2) is 0 Å². The average Bonchev–Trinajstić information content (AvgIpc) is 2.71. The van der Waals surface area contributed by atoms with E-state index >= 15 is 0 Å². The summed E-state index contributed by atoms with van der Waals surface area (Å²) in [6.07, 6.45) is 2.58. The summed E-state index contributed by atoms with van der Waals surface area (Å²) in [5, 5.41) is 6.93. The summed E-state index contributed by atoms with van der Waals surface area (Å²) in [6, 6.07) is 7.88. The third-order valence-corrected chi connectivity index (χ3v) is 3.10. The van der Waals surface area contributed by atoms with Crippen LogP contribution in [0.15, 0.2) is 30.5 Å². The maximum atomic E-state index is 12.0. The number of hydrogen-bond acceptors (Lipinski definition) is 2. The van der Waals surface area contributed by atoms with E-state index in [2.05, 4.69) is 17.3 Å². The van der Waals surface area contributed by atoms with Crippen molar-refractivity contribution in [3.05, 3.63) is 47.3 Å². The van der Waals surface area contributed by atoms with Crippen molar-refractivity contribution in [2.24, 2.45) is 7.05 Å². The standard InChI is InChI=1S/C14H17N3O/c1-4-11-5-7-12(8-6-11)16-14(18)13-9-15-17(3)10(13)2/h5-9H,4H2,1-3H3,(H,16,18). The first-order valence-electron chi connectivity index (χ1n) is 6.00. The molecule has 0 aliphatic carbocycles. The molecule has 2 rings (SSSR count). The highest BCUT2D eigenvalue weighted by Crippen LogP contribution is 2.13. The fourth-order valence-electron chi connectivity index (χ4n) is 1.74. The summed E-state index contributed by atoms with van der Waals surface area (Å²) in [5.74, 6) is -0.121. The minimum atomic E-state index is -0.121. The zero-order valence-corrected chi connectivity index (χ0v) is 10.9. The molecule has 1 amide bonds. The van der Waals surface area contributed by atoms with Crippen LogP contribution in [0.25, 0.3) is 0 Å². The minimum absolute atomic E-state index is 0.121. The number of aryl methyl sites for hydroxylation is 2. The molecule has 4 nitrogen and oxygen atoms in total. The van der Waals surface area contributed by atoms with Crippen molar-refractivity contribution in [1.29, 1.82) is 0 Å².